The molecule has 1 saturated carbocycles. The summed E-state index contributed by atoms with van der Waals surface area (Å²) in [5.74, 6) is 0. The third-order valence-electron chi connectivity index (χ3n) is 4.78. The van der Waals surface area contributed by atoms with Crippen LogP contribution in [0.4, 0.5) is 0 Å². The van der Waals surface area contributed by atoms with Crippen molar-refractivity contribution in [1.82, 2.24) is 10.6 Å². The maximum absolute atomic E-state index is 10.2. The molecule has 0 radical (unpaired) electrons. The second kappa shape index (κ2) is 8.23. The minimum absolute atomic E-state index is 0.132. The average Bonchev–Trinajstić information content (AvgIpc) is 2.74. The van der Waals surface area contributed by atoms with Crippen LogP contribution < -0.4 is 10.6 Å². The molecule has 0 aromatic carbocycles. The monoisotopic (exact) mass is 268 g/mol. The van der Waals surface area contributed by atoms with Crippen molar-refractivity contribution in [2.75, 3.05) is 6.54 Å². The van der Waals surface area contributed by atoms with Crippen LogP contribution in [0.1, 0.15) is 71.1 Å². The molecule has 1 saturated heterocycles. The summed E-state index contributed by atoms with van der Waals surface area (Å²) in [5.41, 5.74) is 0. The summed E-state index contributed by atoms with van der Waals surface area (Å²) in [6, 6.07) is 1.50. The van der Waals surface area contributed by atoms with E-state index in [0.717, 1.165) is 12.8 Å². The summed E-state index contributed by atoms with van der Waals surface area (Å²) < 4.78 is 0. The van der Waals surface area contributed by atoms with E-state index < -0.39 is 0 Å². The first kappa shape index (κ1) is 15.3. The Hall–Kier alpha value is -0.120. The van der Waals surface area contributed by atoms with E-state index in [0.29, 0.717) is 18.1 Å². The van der Waals surface area contributed by atoms with E-state index in [4.69, 9.17) is 0 Å². The van der Waals surface area contributed by atoms with Crippen molar-refractivity contribution in [2.24, 2.45) is 0 Å². The molecule has 4 unspecified atom stereocenters. The summed E-state index contributed by atoms with van der Waals surface area (Å²) in [6.07, 6.45) is 12.3. The lowest BCUT2D eigenvalue weighted by Gasteiger charge is -2.28. The van der Waals surface area contributed by atoms with Gasteiger partial charge in [-0.1, -0.05) is 32.1 Å². The smallest absolute Gasteiger partial charge is 0.0693 e. The van der Waals surface area contributed by atoms with Crippen LogP contribution >= 0.6 is 0 Å². The molecule has 19 heavy (non-hydrogen) atoms. The van der Waals surface area contributed by atoms with Crippen LogP contribution in [0.2, 0.25) is 0 Å². The Morgan fingerprint density at radius 1 is 1.05 bits per heavy atom. The Balaban J connectivity index is 1.74. The predicted molar refractivity (Wildman–Crippen MR) is 80.4 cm³/mol. The SMILES string of the molecule is CC(CC1CCCCCN1)NC1CCCCCC1O. The standard InChI is InChI=1S/C16H32N2O/c1-13(12-14-8-4-3-7-11-17-14)18-15-9-5-2-6-10-16(15)19/h13-19H,2-12H2,1H3. The summed E-state index contributed by atoms with van der Waals surface area (Å²) in [7, 11) is 0. The highest BCUT2D eigenvalue weighted by molar-refractivity contribution is 4.83. The van der Waals surface area contributed by atoms with Crippen LogP contribution in [-0.2, 0) is 0 Å². The van der Waals surface area contributed by atoms with Gasteiger partial charge in [0.05, 0.1) is 6.10 Å². The highest BCUT2D eigenvalue weighted by Gasteiger charge is 2.24. The minimum atomic E-state index is -0.132. The molecular weight excluding hydrogens is 236 g/mol. The van der Waals surface area contributed by atoms with Crippen molar-refractivity contribution in [3.8, 4) is 0 Å². The molecule has 1 aliphatic carbocycles. The molecule has 1 aliphatic heterocycles. The fourth-order valence-corrected chi connectivity index (χ4v) is 3.64. The molecule has 3 N–H and O–H groups in total. The van der Waals surface area contributed by atoms with Crippen LogP contribution in [0.3, 0.4) is 0 Å². The minimum Gasteiger partial charge on any atom is -0.392 e. The third kappa shape index (κ3) is 5.41. The molecule has 4 atom stereocenters. The van der Waals surface area contributed by atoms with E-state index in [2.05, 4.69) is 17.6 Å². The second-order valence-electron chi connectivity index (χ2n) is 6.62. The highest BCUT2D eigenvalue weighted by atomic mass is 16.3. The maximum Gasteiger partial charge on any atom is 0.0693 e. The van der Waals surface area contributed by atoms with Crippen LogP contribution in [0, 0.1) is 0 Å². The van der Waals surface area contributed by atoms with Crippen molar-refractivity contribution in [2.45, 2.75) is 95.4 Å². The van der Waals surface area contributed by atoms with Gasteiger partial charge in [-0.3, -0.25) is 0 Å². The van der Waals surface area contributed by atoms with E-state index in [1.54, 1.807) is 0 Å². The van der Waals surface area contributed by atoms with Crippen molar-refractivity contribution in [1.29, 1.82) is 0 Å². The van der Waals surface area contributed by atoms with Gasteiger partial charge < -0.3 is 15.7 Å². The number of rotatable bonds is 4. The van der Waals surface area contributed by atoms with Crippen molar-refractivity contribution >= 4 is 0 Å². The van der Waals surface area contributed by atoms with E-state index in [1.165, 1.54) is 57.9 Å². The summed E-state index contributed by atoms with van der Waals surface area (Å²) in [4.78, 5) is 0. The molecule has 3 heteroatoms. The first-order valence-corrected chi connectivity index (χ1v) is 8.43. The van der Waals surface area contributed by atoms with Crippen LogP contribution in [0.5, 0.6) is 0 Å². The number of aliphatic hydroxyl groups is 1. The second-order valence-corrected chi connectivity index (χ2v) is 6.62. The van der Waals surface area contributed by atoms with Gasteiger partial charge in [0.15, 0.2) is 0 Å². The van der Waals surface area contributed by atoms with Crippen molar-refractivity contribution in [3.05, 3.63) is 0 Å². The van der Waals surface area contributed by atoms with Gasteiger partial charge in [-0.05, 0) is 45.6 Å². The van der Waals surface area contributed by atoms with Gasteiger partial charge in [0.25, 0.3) is 0 Å². The average molecular weight is 268 g/mol. The Kier molecular flexibility index (Phi) is 6.62. The Labute approximate surface area is 118 Å². The molecule has 0 bridgehead atoms. The molecule has 1 heterocycles. The lowest BCUT2D eigenvalue weighted by atomic mass is 10.0. The van der Waals surface area contributed by atoms with Gasteiger partial charge in [0.1, 0.15) is 0 Å². The van der Waals surface area contributed by atoms with Crippen molar-refractivity contribution < 1.29 is 5.11 Å². The zero-order valence-corrected chi connectivity index (χ0v) is 12.5. The van der Waals surface area contributed by atoms with Gasteiger partial charge in [0, 0.05) is 18.1 Å². The lowest BCUT2D eigenvalue weighted by Crippen LogP contribution is -2.46. The molecule has 3 nitrogen and oxygen atoms in total. The van der Waals surface area contributed by atoms with Gasteiger partial charge in [-0.15, -0.1) is 0 Å². The largest absolute Gasteiger partial charge is 0.392 e. The van der Waals surface area contributed by atoms with Gasteiger partial charge in [-0.2, -0.15) is 0 Å². The number of nitrogens with one attached hydrogen (secondary N) is 2. The number of hydrogen-bond donors (Lipinski definition) is 3. The van der Waals surface area contributed by atoms with E-state index in [9.17, 15) is 5.11 Å². The van der Waals surface area contributed by atoms with E-state index >= 15 is 0 Å². The lowest BCUT2D eigenvalue weighted by molar-refractivity contribution is 0.113. The fraction of sp³-hybridized carbons (Fsp3) is 1.00. The molecule has 2 aliphatic rings. The highest BCUT2D eigenvalue weighted by Crippen LogP contribution is 2.19. The first-order valence-electron chi connectivity index (χ1n) is 8.43. The molecule has 2 fully saturated rings. The normalized spacial score (nSPS) is 35.4. The quantitative estimate of drug-likeness (QED) is 0.687. The van der Waals surface area contributed by atoms with Crippen LogP contribution in [-0.4, -0.2) is 35.9 Å². The van der Waals surface area contributed by atoms with E-state index in [1.807, 2.05) is 0 Å². The Morgan fingerprint density at radius 3 is 2.68 bits per heavy atom. The zero-order valence-electron chi connectivity index (χ0n) is 12.5. The predicted octanol–water partition coefficient (Wildman–Crippen LogP) is 2.58. The Bertz CT molecular complexity index is 239. The number of hydrogen-bond acceptors (Lipinski definition) is 3. The summed E-state index contributed by atoms with van der Waals surface area (Å²) >= 11 is 0. The molecule has 0 aromatic rings. The zero-order chi connectivity index (χ0) is 13.5. The van der Waals surface area contributed by atoms with Crippen LogP contribution in [0.15, 0.2) is 0 Å². The summed E-state index contributed by atoms with van der Waals surface area (Å²) in [5, 5.41) is 17.5. The number of aliphatic hydroxyl groups excluding tert-OH is 1. The van der Waals surface area contributed by atoms with Gasteiger partial charge in [0.2, 0.25) is 0 Å². The van der Waals surface area contributed by atoms with E-state index in [-0.39, 0.29) is 6.10 Å². The topological polar surface area (TPSA) is 44.3 Å². The first-order chi connectivity index (χ1) is 9.25. The molecule has 0 aromatic heterocycles. The third-order valence-corrected chi connectivity index (χ3v) is 4.78. The molecular formula is C16H32N2O. The van der Waals surface area contributed by atoms with Gasteiger partial charge >= 0.3 is 0 Å². The molecule has 112 valence electrons. The van der Waals surface area contributed by atoms with Gasteiger partial charge in [-0.25, -0.2) is 0 Å². The fourth-order valence-electron chi connectivity index (χ4n) is 3.64. The summed E-state index contributed by atoms with van der Waals surface area (Å²) in [6.45, 7) is 3.47. The molecule has 2 rings (SSSR count). The molecule has 0 amide bonds. The van der Waals surface area contributed by atoms with Crippen molar-refractivity contribution in [3.63, 3.8) is 0 Å². The molecule has 0 spiro atoms. The van der Waals surface area contributed by atoms with Crippen LogP contribution in [0.25, 0.3) is 0 Å². The Morgan fingerprint density at radius 2 is 1.79 bits per heavy atom. The maximum atomic E-state index is 10.2.